The number of ether oxygens (including phenoxy) is 1. The third kappa shape index (κ3) is 4.24. The lowest BCUT2D eigenvalue weighted by molar-refractivity contribution is -0.159. The first kappa shape index (κ1) is 19.4. The van der Waals surface area contributed by atoms with Crippen LogP contribution in [0.5, 0.6) is 5.75 Å². The van der Waals surface area contributed by atoms with Crippen LogP contribution < -0.4 is 4.74 Å². The summed E-state index contributed by atoms with van der Waals surface area (Å²) in [5, 5.41) is 3.40. The van der Waals surface area contributed by atoms with E-state index in [1.165, 1.54) is 35.6 Å². The Balaban J connectivity index is 1.41. The molecule has 1 aliphatic rings. The highest BCUT2D eigenvalue weighted by Gasteiger charge is 2.38. The van der Waals surface area contributed by atoms with Gasteiger partial charge in [-0.05, 0) is 42.3 Å². The van der Waals surface area contributed by atoms with E-state index in [9.17, 15) is 22.4 Å². The maximum Gasteiger partial charge on any atom is 0.471 e. The van der Waals surface area contributed by atoms with Gasteiger partial charge in [0.25, 0.3) is 5.91 Å². The van der Waals surface area contributed by atoms with Gasteiger partial charge >= 0.3 is 12.1 Å². The average Bonchev–Trinajstić information content (AvgIpc) is 3.33. The van der Waals surface area contributed by atoms with Crippen molar-refractivity contribution in [3.8, 4) is 16.5 Å². The molecule has 11 heteroatoms. The summed E-state index contributed by atoms with van der Waals surface area (Å²) >= 11 is 1.22. The maximum atomic E-state index is 12.9. The van der Waals surface area contributed by atoms with Crippen LogP contribution in [-0.4, -0.2) is 34.1 Å². The SMILES string of the molecule is O=C(COc1ccc(F)cc1)N1CCc2cc(-c3noc(C(F)(F)F)n3)sc2C1. The highest BCUT2D eigenvalue weighted by atomic mass is 32.1. The van der Waals surface area contributed by atoms with Gasteiger partial charge < -0.3 is 14.2 Å². The van der Waals surface area contributed by atoms with Crippen molar-refractivity contribution in [1.82, 2.24) is 15.0 Å². The molecule has 4 rings (SSSR count). The Kier molecular flexibility index (Phi) is 4.99. The van der Waals surface area contributed by atoms with Crippen molar-refractivity contribution < 1.29 is 31.6 Å². The molecule has 0 saturated heterocycles. The highest BCUT2D eigenvalue weighted by Crippen LogP contribution is 2.35. The molecule has 0 unspecified atom stereocenters. The Morgan fingerprint density at radius 1 is 1.28 bits per heavy atom. The normalized spacial score (nSPS) is 14.0. The average molecular weight is 427 g/mol. The molecule has 0 fully saturated rings. The lowest BCUT2D eigenvalue weighted by atomic mass is 10.1. The van der Waals surface area contributed by atoms with Gasteiger partial charge in [-0.3, -0.25) is 4.79 Å². The second-order valence-electron chi connectivity index (χ2n) is 6.29. The number of benzene rings is 1. The van der Waals surface area contributed by atoms with Gasteiger partial charge in [0.05, 0.1) is 11.4 Å². The van der Waals surface area contributed by atoms with Gasteiger partial charge in [-0.15, -0.1) is 11.3 Å². The van der Waals surface area contributed by atoms with E-state index in [4.69, 9.17) is 4.74 Å². The van der Waals surface area contributed by atoms with Crippen LogP contribution in [-0.2, 0) is 23.9 Å². The summed E-state index contributed by atoms with van der Waals surface area (Å²) in [5.74, 6) is -1.78. The zero-order valence-electron chi connectivity index (χ0n) is 14.7. The van der Waals surface area contributed by atoms with E-state index in [0.29, 0.717) is 30.1 Å². The molecule has 29 heavy (non-hydrogen) atoms. The molecule has 0 aliphatic carbocycles. The fourth-order valence-electron chi connectivity index (χ4n) is 2.85. The third-order valence-electron chi connectivity index (χ3n) is 4.30. The highest BCUT2D eigenvalue weighted by molar-refractivity contribution is 7.15. The molecule has 3 heterocycles. The Hall–Kier alpha value is -2.95. The molecular weight excluding hydrogens is 414 g/mol. The van der Waals surface area contributed by atoms with Gasteiger partial charge in [0.2, 0.25) is 5.82 Å². The molecule has 1 aliphatic heterocycles. The molecule has 3 aromatic rings. The van der Waals surface area contributed by atoms with Gasteiger partial charge in [-0.1, -0.05) is 5.16 Å². The van der Waals surface area contributed by atoms with Crippen LogP contribution in [0.2, 0.25) is 0 Å². The Bertz CT molecular complexity index is 1030. The van der Waals surface area contributed by atoms with E-state index < -0.39 is 17.9 Å². The van der Waals surface area contributed by atoms with E-state index in [2.05, 4.69) is 14.7 Å². The predicted molar refractivity (Wildman–Crippen MR) is 93.6 cm³/mol. The molecular formula is C18H13F4N3O3S. The minimum atomic E-state index is -4.70. The van der Waals surface area contributed by atoms with Crippen LogP contribution in [0.3, 0.4) is 0 Å². The van der Waals surface area contributed by atoms with Crippen LogP contribution in [0.1, 0.15) is 16.3 Å². The number of carbonyl (C=O) groups is 1. The van der Waals surface area contributed by atoms with Crippen LogP contribution >= 0.6 is 11.3 Å². The molecule has 1 aromatic carbocycles. The summed E-state index contributed by atoms with van der Waals surface area (Å²) in [5.41, 5.74) is 0.937. The summed E-state index contributed by atoms with van der Waals surface area (Å²) in [6, 6.07) is 7.07. The Labute approximate surface area is 165 Å². The van der Waals surface area contributed by atoms with Crippen LogP contribution in [0.15, 0.2) is 34.9 Å². The predicted octanol–water partition coefficient (Wildman–Crippen LogP) is 3.92. The fraction of sp³-hybridized carbons (Fsp3) is 0.278. The van der Waals surface area contributed by atoms with E-state index in [1.54, 1.807) is 11.0 Å². The second-order valence-corrected chi connectivity index (χ2v) is 7.42. The number of fused-ring (bicyclic) bond motifs is 1. The van der Waals surface area contributed by atoms with Gasteiger partial charge in [0.1, 0.15) is 11.6 Å². The van der Waals surface area contributed by atoms with Crippen molar-refractivity contribution in [1.29, 1.82) is 0 Å². The monoisotopic (exact) mass is 427 g/mol. The Morgan fingerprint density at radius 2 is 2.03 bits per heavy atom. The molecule has 152 valence electrons. The van der Waals surface area contributed by atoms with Crippen molar-refractivity contribution in [2.45, 2.75) is 19.1 Å². The lowest BCUT2D eigenvalue weighted by Crippen LogP contribution is -2.38. The number of aromatic nitrogens is 2. The standard InChI is InChI=1S/C18H13F4N3O3S/c19-11-1-3-12(4-2-11)27-9-15(26)25-6-5-10-7-13(29-14(10)8-25)16-23-17(28-24-16)18(20,21)22/h1-4,7H,5-6,8-9H2. The molecule has 1 amide bonds. The minimum Gasteiger partial charge on any atom is -0.484 e. The fourth-order valence-corrected chi connectivity index (χ4v) is 4.00. The van der Waals surface area contributed by atoms with Gasteiger partial charge in [-0.2, -0.15) is 18.2 Å². The van der Waals surface area contributed by atoms with Crippen molar-refractivity contribution >= 4 is 17.2 Å². The summed E-state index contributed by atoms with van der Waals surface area (Å²) in [6.07, 6.45) is -4.14. The van der Waals surface area contributed by atoms with Crippen molar-refractivity contribution in [3.63, 3.8) is 0 Å². The molecule has 0 bridgehead atoms. The zero-order chi connectivity index (χ0) is 20.6. The van der Waals surface area contributed by atoms with E-state index in [-0.39, 0.29) is 18.3 Å². The zero-order valence-corrected chi connectivity index (χ0v) is 15.5. The molecule has 0 atom stereocenters. The number of hydrogen-bond donors (Lipinski definition) is 0. The number of halogens is 4. The molecule has 0 spiro atoms. The minimum absolute atomic E-state index is 0.130. The smallest absolute Gasteiger partial charge is 0.471 e. The third-order valence-corrected chi connectivity index (χ3v) is 5.46. The van der Waals surface area contributed by atoms with Gasteiger partial charge in [0, 0.05) is 11.4 Å². The van der Waals surface area contributed by atoms with E-state index in [1.807, 2.05) is 0 Å². The first-order chi connectivity index (χ1) is 13.8. The quantitative estimate of drug-likeness (QED) is 0.591. The second kappa shape index (κ2) is 7.47. The topological polar surface area (TPSA) is 68.5 Å². The number of thiophene rings is 1. The largest absolute Gasteiger partial charge is 0.484 e. The number of alkyl halides is 3. The lowest BCUT2D eigenvalue weighted by Gasteiger charge is -2.26. The summed E-state index contributed by atoms with van der Waals surface area (Å²) < 4.78 is 60.4. The summed E-state index contributed by atoms with van der Waals surface area (Å²) in [6.45, 7) is 0.573. The van der Waals surface area contributed by atoms with Crippen molar-refractivity contribution in [2.75, 3.05) is 13.2 Å². The van der Waals surface area contributed by atoms with Gasteiger partial charge in [0.15, 0.2) is 6.61 Å². The van der Waals surface area contributed by atoms with Crippen LogP contribution in [0.4, 0.5) is 17.6 Å². The molecule has 0 radical (unpaired) electrons. The number of amides is 1. The van der Waals surface area contributed by atoms with Crippen LogP contribution in [0.25, 0.3) is 10.7 Å². The molecule has 0 saturated carbocycles. The summed E-state index contributed by atoms with van der Waals surface area (Å²) in [7, 11) is 0. The molecule has 6 nitrogen and oxygen atoms in total. The first-order valence-corrected chi connectivity index (χ1v) is 9.30. The van der Waals surface area contributed by atoms with Gasteiger partial charge in [-0.25, -0.2) is 4.39 Å². The van der Waals surface area contributed by atoms with E-state index in [0.717, 1.165) is 10.4 Å². The number of carbonyl (C=O) groups excluding carboxylic acids is 1. The first-order valence-electron chi connectivity index (χ1n) is 8.48. The Morgan fingerprint density at radius 3 is 2.72 bits per heavy atom. The van der Waals surface area contributed by atoms with Crippen molar-refractivity contribution in [2.24, 2.45) is 0 Å². The molecule has 0 N–H and O–H groups in total. The van der Waals surface area contributed by atoms with Crippen LogP contribution in [0, 0.1) is 5.82 Å². The molecule has 2 aromatic heterocycles. The number of rotatable bonds is 4. The number of nitrogens with zero attached hydrogens (tertiary/aromatic N) is 3. The van der Waals surface area contributed by atoms with Crippen molar-refractivity contribution in [3.05, 3.63) is 52.5 Å². The summed E-state index contributed by atoms with van der Waals surface area (Å²) in [4.78, 5) is 18.7. The maximum absolute atomic E-state index is 12.9. The van der Waals surface area contributed by atoms with E-state index >= 15 is 0 Å². The number of hydrogen-bond acceptors (Lipinski definition) is 6.